The van der Waals surface area contributed by atoms with E-state index in [2.05, 4.69) is 9.97 Å². The van der Waals surface area contributed by atoms with E-state index in [1.165, 1.54) is 13.4 Å². The molecule has 5 heteroatoms. The fourth-order valence-electron chi connectivity index (χ4n) is 0.839. The van der Waals surface area contributed by atoms with Crippen LogP contribution < -0.4 is 5.73 Å². The molecule has 1 rings (SSSR count). The lowest BCUT2D eigenvalue weighted by molar-refractivity contribution is 0.155. The molecule has 0 aliphatic heterocycles. The number of hydrogen-bond acceptors (Lipinski definition) is 4. The molecule has 0 bridgehead atoms. The van der Waals surface area contributed by atoms with Crippen LogP contribution in [0.1, 0.15) is 11.8 Å². The van der Waals surface area contributed by atoms with Gasteiger partial charge in [0.2, 0.25) is 0 Å². The van der Waals surface area contributed by atoms with E-state index in [-0.39, 0.29) is 4.99 Å². The molecule has 1 heterocycles. The molecule has 64 valence electrons. The minimum atomic E-state index is -0.414. The standard InChI is InChI=1S/C7H9N3OS/c1-11-6(7(8)12)5-2-3-9-4-10-5/h2-4,6H,1H3,(H2,8,12). The van der Waals surface area contributed by atoms with Crippen LogP contribution >= 0.6 is 12.2 Å². The summed E-state index contributed by atoms with van der Waals surface area (Å²) in [4.78, 5) is 8.01. The topological polar surface area (TPSA) is 61.0 Å². The maximum atomic E-state index is 5.43. The largest absolute Gasteiger partial charge is 0.391 e. The van der Waals surface area contributed by atoms with E-state index in [4.69, 9.17) is 22.7 Å². The minimum Gasteiger partial charge on any atom is -0.391 e. The third-order valence-corrected chi connectivity index (χ3v) is 1.58. The van der Waals surface area contributed by atoms with Crippen molar-refractivity contribution in [3.8, 4) is 0 Å². The Kier molecular flexibility index (Phi) is 3.07. The molecule has 0 spiro atoms. The summed E-state index contributed by atoms with van der Waals surface area (Å²) in [5.41, 5.74) is 6.11. The first-order valence-corrected chi connectivity index (χ1v) is 3.74. The van der Waals surface area contributed by atoms with E-state index in [0.717, 1.165) is 0 Å². The van der Waals surface area contributed by atoms with Gasteiger partial charge in [0.15, 0.2) is 0 Å². The average Bonchev–Trinajstić information content (AvgIpc) is 2.07. The van der Waals surface area contributed by atoms with Crippen LogP contribution in [-0.4, -0.2) is 22.1 Å². The second kappa shape index (κ2) is 4.08. The van der Waals surface area contributed by atoms with Crippen molar-refractivity contribution >= 4 is 17.2 Å². The predicted molar refractivity (Wildman–Crippen MR) is 48.6 cm³/mol. The summed E-state index contributed by atoms with van der Waals surface area (Å²) in [6.45, 7) is 0. The van der Waals surface area contributed by atoms with Crippen LogP contribution in [0, 0.1) is 0 Å². The minimum absolute atomic E-state index is 0.274. The van der Waals surface area contributed by atoms with Crippen molar-refractivity contribution in [2.45, 2.75) is 6.10 Å². The summed E-state index contributed by atoms with van der Waals surface area (Å²) in [7, 11) is 1.53. The van der Waals surface area contributed by atoms with Crippen LogP contribution in [0.15, 0.2) is 18.6 Å². The van der Waals surface area contributed by atoms with Crippen LogP contribution in [0.5, 0.6) is 0 Å². The lowest BCUT2D eigenvalue weighted by atomic mass is 10.2. The maximum Gasteiger partial charge on any atom is 0.149 e. The summed E-state index contributed by atoms with van der Waals surface area (Å²) in [6.07, 6.45) is 2.63. The van der Waals surface area contributed by atoms with E-state index in [9.17, 15) is 0 Å². The monoisotopic (exact) mass is 183 g/mol. The fourth-order valence-corrected chi connectivity index (χ4v) is 1.06. The van der Waals surface area contributed by atoms with Gasteiger partial charge in [-0.2, -0.15) is 0 Å². The summed E-state index contributed by atoms with van der Waals surface area (Å²) in [5, 5.41) is 0. The Bertz CT molecular complexity index is 265. The number of nitrogens with two attached hydrogens (primary N) is 1. The van der Waals surface area contributed by atoms with Crippen molar-refractivity contribution < 1.29 is 4.74 Å². The Morgan fingerprint density at radius 3 is 2.92 bits per heavy atom. The lowest BCUT2D eigenvalue weighted by Gasteiger charge is -2.11. The summed E-state index contributed by atoms with van der Waals surface area (Å²) < 4.78 is 5.04. The Hall–Kier alpha value is -1.07. The highest BCUT2D eigenvalue weighted by molar-refractivity contribution is 7.80. The highest BCUT2D eigenvalue weighted by Crippen LogP contribution is 2.12. The molecule has 0 aliphatic rings. The van der Waals surface area contributed by atoms with Gasteiger partial charge in [0.1, 0.15) is 17.4 Å². The molecule has 0 amide bonds. The zero-order valence-corrected chi connectivity index (χ0v) is 7.41. The highest BCUT2D eigenvalue weighted by Gasteiger charge is 2.13. The van der Waals surface area contributed by atoms with Gasteiger partial charge in [-0.15, -0.1) is 0 Å². The van der Waals surface area contributed by atoms with Crippen LogP contribution in [0.4, 0.5) is 0 Å². The molecule has 1 aromatic rings. The van der Waals surface area contributed by atoms with Gasteiger partial charge in [0.25, 0.3) is 0 Å². The summed E-state index contributed by atoms with van der Waals surface area (Å²) in [5.74, 6) is 0. The second-order valence-electron chi connectivity index (χ2n) is 2.15. The molecule has 0 fully saturated rings. The van der Waals surface area contributed by atoms with Gasteiger partial charge in [0, 0.05) is 13.3 Å². The van der Waals surface area contributed by atoms with Gasteiger partial charge >= 0.3 is 0 Å². The third-order valence-electron chi connectivity index (χ3n) is 1.37. The predicted octanol–water partition coefficient (Wildman–Crippen LogP) is 0.450. The summed E-state index contributed by atoms with van der Waals surface area (Å²) in [6, 6.07) is 1.72. The van der Waals surface area contributed by atoms with Gasteiger partial charge in [0.05, 0.1) is 5.69 Å². The molecule has 0 saturated heterocycles. The van der Waals surface area contributed by atoms with Crippen LogP contribution in [0.25, 0.3) is 0 Å². The van der Waals surface area contributed by atoms with E-state index in [1.807, 2.05) is 0 Å². The van der Waals surface area contributed by atoms with Gasteiger partial charge in [-0.05, 0) is 6.07 Å². The van der Waals surface area contributed by atoms with Crippen molar-refractivity contribution in [3.05, 3.63) is 24.3 Å². The normalized spacial score (nSPS) is 12.4. The molecular weight excluding hydrogens is 174 g/mol. The molecule has 2 N–H and O–H groups in total. The Morgan fingerprint density at radius 1 is 1.75 bits per heavy atom. The number of ether oxygens (including phenoxy) is 1. The quantitative estimate of drug-likeness (QED) is 0.689. The van der Waals surface area contributed by atoms with Crippen molar-refractivity contribution in [3.63, 3.8) is 0 Å². The molecule has 1 atom stereocenters. The van der Waals surface area contributed by atoms with Gasteiger partial charge in [-0.3, -0.25) is 0 Å². The molecule has 0 aliphatic carbocycles. The van der Waals surface area contributed by atoms with Crippen molar-refractivity contribution in [2.24, 2.45) is 5.73 Å². The second-order valence-corrected chi connectivity index (χ2v) is 2.62. The van der Waals surface area contributed by atoms with Crippen LogP contribution in [0.3, 0.4) is 0 Å². The first-order chi connectivity index (χ1) is 5.75. The fraction of sp³-hybridized carbons (Fsp3) is 0.286. The number of rotatable bonds is 3. The Balaban J connectivity index is 2.88. The zero-order chi connectivity index (χ0) is 8.97. The molecule has 1 aromatic heterocycles. The molecule has 4 nitrogen and oxygen atoms in total. The van der Waals surface area contributed by atoms with Crippen LogP contribution in [0.2, 0.25) is 0 Å². The van der Waals surface area contributed by atoms with E-state index < -0.39 is 6.10 Å². The smallest absolute Gasteiger partial charge is 0.149 e. The number of thiocarbonyl (C=S) groups is 1. The van der Waals surface area contributed by atoms with E-state index in [0.29, 0.717) is 5.69 Å². The first-order valence-electron chi connectivity index (χ1n) is 3.33. The SMILES string of the molecule is COC(C(N)=S)c1ccncn1. The van der Waals surface area contributed by atoms with Crippen molar-refractivity contribution in [1.82, 2.24) is 9.97 Å². The lowest BCUT2D eigenvalue weighted by Crippen LogP contribution is -2.21. The van der Waals surface area contributed by atoms with Gasteiger partial charge < -0.3 is 10.5 Å². The molecule has 0 saturated carbocycles. The Morgan fingerprint density at radius 2 is 2.50 bits per heavy atom. The third kappa shape index (κ3) is 1.96. The summed E-state index contributed by atoms with van der Waals surface area (Å²) >= 11 is 4.79. The van der Waals surface area contributed by atoms with E-state index >= 15 is 0 Å². The van der Waals surface area contributed by atoms with Gasteiger partial charge in [-0.1, -0.05) is 12.2 Å². The molecular formula is C7H9N3OS. The molecule has 0 aromatic carbocycles. The molecule has 0 radical (unpaired) electrons. The van der Waals surface area contributed by atoms with Crippen molar-refractivity contribution in [1.29, 1.82) is 0 Å². The Labute approximate surface area is 75.8 Å². The number of nitrogens with zero attached hydrogens (tertiary/aromatic N) is 2. The van der Waals surface area contributed by atoms with Crippen LogP contribution in [-0.2, 0) is 4.74 Å². The zero-order valence-electron chi connectivity index (χ0n) is 6.60. The van der Waals surface area contributed by atoms with E-state index in [1.54, 1.807) is 12.3 Å². The van der Waals surface area contributed by atoms with Crippen molar-refractivity contribution in [2.75, 3.05) is 7.11 Å². The maximum absolute atomic E-state index is 5.43. The molecule has 12 heavy (non-hydrogen) atoms. The number of methoxy groups -OCH3 is 1. The number of aromatic nitrogens is 2. The highest BCUT2D eigenvalue weighted by atomic mass is 32.1. The molecule has 1 unspecified atom stereocenters. The van der Waals surface area contributed by atoms with Gasteiger partial charge in [-0.25, -0.2) is 9.97 Å². The average molecular weight is 183 g/mol. The first kappa shape index (κ1) is 9.02. The number of hydrogen-bond donors (Lipinski definition) is 1.